The Balaban J connectivity index is 1.73. The molecule has 0 bridgehead atoms. The molecule has 1 saturated carbocycles. The normalized spacial score (nSPS) is 16.1. The molecule has 3 nitrogen and oxygen atoms in total. The largest absolute Gasteiger partial charge is 0.381 e. The van der Waals surface area contributed by atoms with E-state index in [1.54, 1.807) is 6.92 Å². The summed E-state index contributed by atoms with van der Waals surface area (Å²) in [5.74, 6) is 1.40. The maximum Gasteiger partial charge on any atom is 0.0899 e. The van der Waals surface area contributed by atoms with Crippen LogP contribution < -0.4 is 5.32 Å². The zero-order chi connectivity index (χ0) is 8.81. The number of ether oxygens (including phenoxy) is 1. The smallest absolute Gasteiger partial charge is 0.0899 e. The fraction of sp³-hybridized carbons (Fsp3) is 0.889. The van der Waals surface area contributed by atoms with Crippen molar-refractivity contribution in [3.63, 3.8) is 0 Å². The third-order valence-corrected chi connectivity index (χ3v) is 1.91. The Morgan fingerprint density at radius 3 is 2.92 bits per heavy atom. The molecular weight excluding hydrogens is 152 g/mol. The summed E-state index contributed by atoms with van der Waals surface area (Å²) in [7, 11) is 0. The summed E-state index contributed by atoms with van der Waals surface area (Å²) in [6.45, 7) is 4.39. The summed E-state index contributed by atoms with van der Waals surface area (Å²) in [6, 6.07) is 0. The molecule has 0 radical (unpaired) electrons. The summed E-state index contributed by atoms with van der Waals surface area (Å²) in [4.78, 5) is 0. The van der Waals surface area contributed by atoms with Crippen LogP contribution in [0.5, 0.6) is 0 Å². The molecule has 0 unspecified atom stereocenters. The van der Waals surface area contributed by atoms with Crippen molar-refractivity contribution in [2.24, 2.45) is 5.92 Å². The van der Waals surface area contributed by atoms with Gasteiger partial charge in [0.25, 0.3) is 0 Å². The summed E-state index contributed by atoms with van der Waals surface area (Å²) in [5, 5.41) is 10.1. The highest BCUT2D eigenvalue weighted by atomic mass is 16.5. The van der Waals surface area contributed by atoms with Gasteiger partial charge < -0.3 is 10.1 Å². The van der Waals surface area contributed by atoms with E-state index < -0.39 is 0 Å². The average molecular weight is 170 g/mol. The molecule has 3 heteroatoms. The molecule has 0 aromatic carbocycles. The Morgan fingerprint density at radius 1 is 1.58 bits per heavy atom. The first kappa shape index (κ1) is 9.52. The number of hydrogen-bond donors (Lipinski definition) is 2. The first-order valence-corrected chi connectivity index (χ1v) is 4.66. The second-order valence-corrected chi connectivity index (χ2v) is 3.42. The zero-order valence-corrected chi connectivity index (χ0v) is 7.73. The lowest BCUT2D eigenvalue weighted by atomic mass is 10.4. The van der Waals surface area contributed by atoms with Crippen molar-refractivity contribution in [1.82, 2.24) is 5.32 Å². The maximum atomic E-state index is 7.10. The molecule has 0 heterocycles. The van der Waals surface area contributed by atoms with Crippen LogP contribution in [0.25, 0.3) is 0 Å². The summed E-state index contributed by atoms with van der Waals surface area (Å²) >= 11 is 0. The van der Waals surface area contributed by atoms with Gasteiger partial charge in [0.2, 0.25) is 0 Å². The number of rotatable bonds is 6. The minimum absolute atomic E-state index is 0.539. The Hall–Kier alpha value is -0.570. The van der Waals surface area contributed by atoms with Crippen LogP contribution in [0.2, 0.25) is 0 Å². The molecule has 12 heavy (non-hydrogen) atoms. The van der Waals surface area contributed by atoms with E-state index in [-0.39, 0.29) is 0 Å². The highest BCUT2D eigenvalue weighted by Gasteiger charge is 2.20. The van der Waals surface area contributed by atoms with Gasteiger partial charge in [-0.15, -0.1) is 0 Å². The van der Waals surface area contributed by atoms with E-state index in [1.165, 1.54) is 12.8 Å². The van der Waals surface area contributed by atoms with E-state index in [0.29, 0.717) is 5.84 Å². The van der Waals surface area contributed by atoms with Gasteiger partial charge in [0, 0.05) is 19.8 Å². The van der Waals surface area contributed by atoms with Gasteiger partial charge in [0.05, 0.1) is 5.84 Å². The molecule has 2 N–H and O–H groups in total. The Kier molecular flexibility index (Phi) is 4.08. The van der Waals surface area contributed by atoms with Crippen molar-refractivity contribution in [3.05, 3.63) is 0 Å². The lowest BCUT2D eigenvalue weighted by molar-refractivity contribution is 0.123. The fourth-order valence-electron chi connectivity index (χ4n) is 0.985. The van der Waals surface area contributed by atoms with E-state index in [4.69, 9.17) is 10.1 Å². The first-order valence-electron chi connectivity index (χ1n) is 4.66. The zero-order valence-electron chi connectivity index (χ0n) is 7.73. The molecule has 0 saturated heterocycles. The topological polar surface area (TPSA) is 45.1 Å². The lowest BCUT2D eigenvalue weighted by Gasteiger charge is -2.04. The van der Waals surface area contributed by atoms with E-state index in [9.17, 15) is 0 Å². The van der Waals surface area contributed by atoms with Crippen molar-refractivity contribution >= 4 is 5.84 Å². The second kappa shape index (κ2) is 5.14. The van der Waals surface area contributed by atoms with Crippen molar-refractivity contribution < 1.29 is 4.74 Å². The maximum absolute atomic E-state index is 7.10. The van der Waals surface area contributed by atoms with E-state index in [1.807, 2.05) is 0 Å². The number of hydrogen-bond acceptors (Lipinski definition) is 2. The molecule has 0 amide bonds. The quantitative estimate of drug-likeness (QED) is 0.359. The van der Waals surface area contributed by atoms with Crippen LogP contribution in [0.1, 0.15) is 26.2 Å². The molecule has 0 aromatic heterocycles. The summed E-state index contributed by atoms with van der Waals surface area (Å²) in [5.41, 5.74) is 0. The van der Waals surface area contributed by atoms with Gasteiger partial charge in [0.1, 0.15) is 0 Å². The molecule has 0 spiro atoms. The number of amidine groups is 1. The summed E-state index contributed by atoms with van der Waals surface area (Å²) in [6.07, 6.45) is 3.72. The molecule has 1 rings (SSSR count). The van der Waals surface area contributed by atoms with Crippen LogP contribution >= 0.6 is 0 Å². The monoisotopic (exact) mass is 170 g/mol. The Morgan fingerprint density at radius 2 is 2.33 bits per heavy atom. The minimum Gasteiger partial charge on any atom is -0.381 e. The van der Waals surface area contributed by atoms with Gasteiger partial charge >= 0.3 is 0 Å². The van der Waals surface area contributed by atoms with Gasteiger partial charge in [-0.3, -0.25) is 5.41 Å². The molecule has 0 aliphatic heterocycles. The van der Waals surface area contributed by atoms with Gasteiger partial charge in [-0.05, 0) is 32.1 Å². The van der Waals surface area contributed by atoms with Crippen LogP contribution in [-0.2, 0) is 4.74 Å². The van der Waals surface area contributed by atoms with E-state index >= 15 is 0 Å². The molecule has 1 aliphatic rings. The average Bonchev–Trinajstić information content (AvgIpc) is 2.79. The standard InChI is InChI=1S/C9H18N2O/c1-8(10)11-5-2-6-12-7-9-3-4-9/h9H,2-7H2,1H3,(H2,10,11). The predicted molar refractivity (Wildman–Crippen MR) is 49.6 cm³/mol. The molecule has 1 fully saturated rings. The predicted octanol–water partition coefficient (Wildman–Crippen LogP) is 1.39. The van der Waals surface area contributed by atoms with E-state index in [0.717, 1.165) is 32.1 Å². The molecule has 70 valence electrons. The molecule has 1 aliphatic carbocycles. The van der Waals surface area contributed by atoms with Crippen LogP contribution in [0.3, 0.4) is 0 Å². The van der Waals surface area contributed by atoms with Gasteiger partial charge in [-0.2, -0.15) is 0 Å². The van der Waals surface area contributed by atoms with Crippen molar-refractivity contribution in [2.45, 2.75) is 26.2 Å². The van der Waals surface area contributed by atoms with Gasteiger partial charge in [-0.25, -0.2) is 0 Å². The fourth-order valence-corrected chi connectivity index (χ4v) is 0.985. The van der Waals surface area contributed by atoms with Crippen LogP contribution in [-0.4, -0.2) is 25.6 Å². The molecular formula is C9H18N2O. The second-order valence-electron chi connectivity index (χ2n) is 3.42. The third-order valence-electron chi connectivity index (χ3n) is 1.91. The van der Waals surface area contributed by atoms with Crippen LogP contribution in [0, 0.1) is 11.3 Å². The van der Waals surface area contributed by atoms with Gasteiger partial charge in [-0.1, -0.05) is 0 Å². The number of nitrogens with one attached hydrogen (secondary N) is 2. The van der Waals surface area contributed by atoms with Crippen LogP contribution in [0.4, 0.5) is 0 Å². The molecule has 0 atom stereocenters. The SMILES string of the molecule is CC(=N)NCCCOCC1CC1. The highest BCUT2D eigenvalue weighted by molar-refractivity contribution is 5.75. The van der Waals surface area contributed by atoms with Crippen molar-refractivity contribution in [2.75, 3.05) is 19.8 Å². The lowest BCUT2D eigenvalue weighted by Crippen LogP contribution is -2.21. The van der Waals surface area contributed by atoms with E-state index in [2.05, 4.69) is 5.32 Å². The molecule has 0 aromatic rings. The Bertz CT molecular complexity index is 143. The van der Waals surface area contributed by atoms with Crippen LogP contribution in [0.15, 0.2) is 0 Å². The van der Waals surface area contributed by atoms with Gasteiger partial charge in [0.15, 0.2) is 0 Å². The van der Waals surface area contributed by atoms with Crippen molar-refractivity contribution in [3.8, 4) is 0 Å². The first-order chi connectivity index (χ1) is 5.79. The summed E-state index contributed by atoms with van der Waals surface area (Å²) < 4.78 is 5.43. The third kappa shape index (κ3) is 5.13. The minimum atomic E-state index is 0.539. The van der Waals surface area contributed by atoms with Crippen molar-refractivity contribution in [1.29, 1.82) is 5.41 Å². The highest BCUT2D eigenvalue weighted by Crippen LogP contribution is 2.28. The Labute approximate surface area is 74.0 Å².